The summed E-state index contributed by atoms with van der Waals surface area (Å²) in [5, 5.41) is 5.82. The SMILES string of the molecule is CCCNC(c1cc(C)ccc1OC)c1sccc1C. The zero-order valence-electron chi connectivity index (χ0n) is 12.7. The summed E-state index contributed by atoms with van der Waals surface area (Å²) in [6.45, 7) is 7.49. The van der Waals surface area contributed by atoms with Gasteiger partial charge in [0.15, 0.2) is 0 Å². The highest BCUT2D eigenvalue weighted by Crippen LogP contribution is 2.35. The Morgan fingerprint density at radius 2 is 2.05 bits per heavy atom. The highest BCUT2D eigenvalue weighted by Gasteiger charge is 2.20. The highest BCUT2D eigenvalue weighted by atomic mass is 32.1. The van der Waals surface area contributed by atoms with E-state index in [0.717, 1.165) is 18.7 Å². The molecule has 3 heteroatoms. The van der Waals surface area contributed by atoms with Crippen LogP contribution in [0, 0.1) is 13.8 Å². The van der Waals surface area contributed by atoms with Crippen molar-refractivity contribution in [2.45, 2.75) is 33.2 Å². The van der Waals surface area contributed by atoms with Gasteiger partial charge in [-0.25, -0.2) is 0 Å². The van der Waals surface area contributed by atoms with E-state index in [1.807, 2.05) is 11.3 Å². The number of thiophene rings is 1. The van der Waals surface area contributed by atoms with Gasteiger partial charge in [0, 0.05) is 10.4 Å². The van der Waals surface area contributed by atoms with E-state index in [2.05, 4.69) is 55.7 Å². The maximum atomic E-state index is 5.56. The van der Waals surface area contributed by atoms with Crippen LogP contribution in [0.3, 0.4) is 0 Å². The van der Waals surface area contributed by atoms with E-state index >= 15 is 0 Å². The number of ether oxygens (including phenoxy) is 1. The standard InChI is InChI=1S/C17H23NOS/c1-5-9-18-16(17-13(3)8-10-20-17)14-11-12(2)6-7-15(14)19-4/h6-8,10-11,16,18H,5,9H2,1-4H3. The Hall–Kier alpha value is -1.32. The van der Waals surface area contributed by atoms with Crippen molar-refractivity contribution in [3.8, 4) is 5.75 Å². The Bertz CT molecular complexity index is 562. The molecule has 0 aliphatic carbocycles. The van der Waals surface area contributed by atoms with Gasteiger partial charge >= 0.3 is 0 Å². The van der Waals surface area contributed by atoms with Gasteiger partial charge in [0.25, 0.3) is 0 Å². The van der Waals surface area contributed by atoms with Crippen LogP contribution in [0.4, 0.5) is 0 Å². The Morgan fingerprint density at radius 1 is 1.25 bits per heavy atom. The van der Waals surface area contributed by atoms with Crippen molar-refractivity contribution in [3.05, 3.63) is 51.2 Å². The van der Waals surface area contributed by atoms with Crippen LogP contribution in [0.25, 0.3) is 0 Å². The van der Waals surface area contributed by atoms with E-state index in [-0.39, 0.29) is 6.04 Å². The van der Waals surface area contributed by atoms with Crippen LogP contribution in [-0.2, 0) is 0 Å². The molecule has 2 nitrogen and oxygen atoms in total. The van der Waals surface area contributed by atoms with Crippen LogP contribution in [0.2, 0.25) is 0 Å². The molecule has 0 saturated heterocycles. The number of methoxy groups -OCH3 is 1. The lowest BCUT2D eigenvalue weighted by atomic mass is 9.99. The monoisotopic (exact) mass is 289 g/mol. The summed E-state index contributed by atoms with van der Waals surface area (Å²) < 4.78 is 5.56. The molecule has 20 heavy (non-hydrogen) atoms. The van der Waals surface area contributed by atoms with Crippen molar-refractivity contribution < 1.29 is 4.74 Å². The fraction of sp³-hybridized carbons (Fsp3) is 0.412. The minimum Gasteiger partial charge on any atom is -0.496 e. The minimum absolute atomic E-state index is 0.213. The molecule has 0 spiro atoms. The molecule has 1 heterocycles. The average molecular weight is 289 g/mol. The minimum atomic E-state index is 0.213. The number of aryl methyl sites for hydroxylation is 2. The topological polar surface area (TPSA) is 21.3 Å². The van der Waals surface area contributed by atoms with E-state index in [1.54, 1.807) is 7.11 Å². The van der Waals surface area contributed by atoms with Gasteiger partial charge in [0.05, 0.1) is 13.2 Å². The summed E-state index contributed by atoms with van der Waals surface area (Å²) in [6, 6.07) is 8.79. The van der Waals surface area contributed by atoms with Gasteiger partial charge in [-0.1, -0.05) is 24.6 Å². The van der Waals surface area contributed by atoms with E-state index in [9.17, 15) is 0 Å². The molecule has 0 aliphatic heterocycles. The van der Waals surface area contributed by atoms with Crippen LogP contribution >= 0.6 is 11.3 Å². The van der Waals surface area contributed by atoms with Gasteiger partial charge in [-0.3, -0.25) is 0 Å². The second kappa shape index (κ2) is 6.91. The van der Waals surface area contributed by atoms with E-state index in [4.69, 9.17) is 4.74 Å². The molecular formula is C17H23NOS. The predicted molar refractivity (Wildman–Crippen MR) is 86.9 cm³/mol. The molecule has 0 aliphatic rings. The van der Waals surface area contributed by atoms with Crippen molar-refractivity contribution in [1.29, 1.82) is 0 Å². The first kappa shape index (κ1) is 15.1. The van der Waals surface area contributed by atoms with E-state index < -0.39 is 0 Å². The van der Waals surface area contributed by atoms with Crippen LogP contribution in [0.1, 0.15) is 41.0 Å². The van der Waals surface area contributed by atoms with E-state index in [0.29, 0.717) is 0 Å². The molecule has 2 rings (SSSR count). The Labute approximate surface area is 125 Å². The molecule has 108 valence electrons. The Morgan fingerprint density at radius 3 is 2.65 bits per heavy atom. The Kier molecular flexibility index (Phi) is 5.21. The van der Waals surface area contributed by atoms with Gasteiger partial charge in [-0.05, 0) is 49.9 Å². The first-order valence-corrected chi connectivity index (χ1v) is 7.97. The molecule has 0 fully saturated rings. The molecule has 0 bridgehead atoms. The van der Waals surface area contributed by atoms with Gasteiger partial charge < -0.3 is 10.1 Å². The fourth-order valence-electron chi connectivity index (χ4n) is 2.39. The third-order valence-corrected chi connectivity index (χ3v) is 4.54. The zero-order chi connectivity index (χ0) is 14.5. The average Bonchev–Trinajstić information content (AvgIpc) is 2.86. The molecule has 1 aromatic heterocycles. The molecule has 0 saturated carbocycles. The van der Waals surface area contributed by atoms with Crippen LogP contribution in [0.5, 0.6) is 5.75 Å². The van der Waals surface area contributed by atoms with Crippen molar-refractivity contribution >= 4 is 11.3 Å². The van der Waals surface area contributed by atoms with Gasteiger partial charge in [-0.15, -0.1) is 11.3 Å². The Balaban J connectivity index is 2.46. The quantitative estimate of drug-likeness (QED) is 0.847. The van der Waals surface area contributed by atoms with Crippen LogP contribution in [-0.4, -0.2) is 13.7 Å². The second-order valence-corrected chi connectivity index (χ2v) is 6.05. The molecule has 1 N–H and O–H groups in total. The number of hydrogen-bond acceptors (Lipinski definition) is 3. The summed E-state index contributed by atoms with van der Waals surface area (Å²) in [4.78, 5) is 1.38. The molecule has 0 amide bonds. The summed E-state index contributed by atoms with van der Waals surface area (Å²) >= 11 is 1.81. The summed E-state index contributed by atoms with van der Waals surface area (Å²) in [5.41, 5.74) is 3.83. The zero-order valence-corrected chi connectivity index (χ0v) is 13.5. The lowest BCUT2D eigenvalue weighted by Crippen LogP contribution is -2.23. The lowest BCUT2D eigenvalue weighted by Gasteiger charge is -2.22. The number of nitrogens with one attached hydrogen (secondary N) is 1. The first-order chi connectivity index (χ1) is 9.67. The van der Waals surface area contributed by atoms with Crippen molar-refractivity contribution in [2.24, 2.45) is 0 Å². The van der Waals surface area contributed by atoms with Crippen LogP contribution in [0.15, 0.2) is 29.6 Å². The summed E-state index contributed by atoms with van der Waals surface area (Å²) in [7, 11) is 1.74. The third kappa shape index (κ3) is 3.22. The fourth-order valence-corrected chi connectivity index (χ4v) is 3.41. The number of rotatable bonds is 6. The first-order valence-electron chi connectivity index (χ1n) is 7.09. The molecule has 0 radical (unpaired) electrons. The largest absolute Gasteiger partial charge is 0.496 e. The maximum Gasteiger partial charge on any atom is 0.124 e. The van der Waals surface area contributed by atoms with Gasteiger partial charge in [0.1, 0.15) is 5.75 Å². The third-order valence-electron chi connectivity index (χ3n) is 3.46. The van der Waals surface area contributed by atoms with Gasteiger partial charge in [0.2, 0.25) is 0 Å². The molecular weight excluding hydrogens is 266 g/mol. The molecule has 1 aromatic carbocycles. The van der Waals surface area contributed by atoms with Crippen molar-refractivity contribution in [3.63, 3.8) is 0 Å². The van der Waals surface area contributed by atoms with Crippen molar-refractivity contribution in [1.82, 2.24) is 5.32 Å². The van der Waals surface area contributed by atoms with E-state index in [1.165, 1.54) is 21.6 Å². The summed E-state index contributed by atoms with van der Waals surface area (Å²) in [6.07, 6.45) is 1.12. The molecule has 2 aromatic rings. The molecule has 1 unspecified atom stereocenters. The molecule has 1 atom stereocenters. The van der Waals surface area contributed by atoms with Crippen LogP contribution < -0.4 is 10.1 Å². The smallest absolute Gasteiger partial charge is 0.124 e. The second-order valence-electron chi connectivity index (χ2n) is 5.10. The lowest BCUT2D eigenvalue weighted by molar-refractivity contribution is 0.404. The highest BCUT2D eigenvalue weighted by molar-refractivity contribution is 7.10. The maximum absolute atomic E-state index is 5.56. The number of benzene rings is 1. The number of hydrogen-bond donors (Lipinski definition) is 1. The predicted octanol–water partition coefficient (Wildman–Crippen LogP) is 4.46. The summed E-state index contributed by atoms with van der Waals surface area (Å²) in [5.74, 6) is 0.956. The van der Waals surface area contributed by atoms with Gasteiger partial charge in [-0.2, -0.15) is 0 Å². The van der Waals surface area contributed by atoms with Crippen molar-refractivity contribution in [2.75, 3.05) is 13.7 Å². The normalized spacial score (nSPS) is 12.4.